The molecule has 0 aliphatic heterocycles. The highest BCUT2D eigenvalue weighted by Gasteiger charge is 2.01. The monoisotopic (exact) mass is 303 g/mol. The highest BCUT2D eigenvalue weighted by molar-refractivity contribution is 5.76. The third kappa shape index (κ3) is 4.20. The Morgan fingerprint density at radius 2 is 1.39 bits per heavy atom. The molecule has 0 N–H and O–H groups in total. The Balaban J connectivity index is 1.65. The topological polar surface area (TPSA) is 35.3 Å². The highest BCUT2D eigenvalue weighted by Crippen LogP contribution is 2.14. The Morgan fingerprint density at radius 3 is 2.04 bits per heavy atom. The number of para-hydroxylation sites is 1. The van der Waals surface area contributed by atoms with E-state index in [0.29, 0.717) is 12.3 Å². The van der Waals surface area contributed by atoms with Crippen LogP contribution in [0.1, 0.15) is 11.1 Å². The van der Waals surface area contributed by atoms with Crippen LogP contribution in [-0.4, -0.2) is 11.0 Å². The van der Waals surface area contributed by atoms with Crippen molar-refractivity contribution in [3.63, 3.8) is 0 Å². The van der Waals surface area contributed by atoms with E-state index in [-0.39, 0.29) is 0 Å². The Kier molecular flexibility index (Phi) is 4.69. The molecule has 0 bridgehead atoms. The number of hydrogen-bond acceptors (Lipinski definition) is 2. The first kappa shape index (κ1) is 14.9. The van der Waals surface area contributed by atoms with E-state index in [1.807, 2.05) is 72.8 Å². The fourth-order valence-corrected chi connectivity index (χ4v) is 2.18. The number of ether oxygens (including phenoxy) is 1. The van der Waals surface area contributed by atoms with Gasteiger partial charge in [-0.25, -0.2) is 0 Å². The van der Waals surface area contributed by atoms with Crippen molar-refractivity contribution >= 4 is 11.9 Å². The third-order valence-electron chi connectivity index (χ3n) is 3.41. The second-order valence-corrected chi connectivity index (χ2v) is 5.13. The molecule has 114 valence electrons. The Morgan fingerprint density at radius 1 is 0.783 bits per heavy atom. The van der Waals surface area contributed by atoms with Gasteiger partial charge in [-0.2, -0.15) is 4.74 Å². The lowest BCUT2D eigenvalue weighted by atomic mass is 10.2. The summed E-state index contributed by atoms with van der Waals surface area (Å²) in [5.41, 5.74) is 2.56. The molecule has 3 nitrogen and oxygen atoms in total. The summed E-state index contributed by atoms with van der Waals surface area (Å²) >= 11 is 0. The first-order chi connectivity index (χ1) is 11.3. The first-order valence-corrected chi connectivity index (χ1v) is 7.44. The van der Waals surface area contributed by atoms with Gasteiger partial charge in [0, 0.05) is 17.7 Å². The lowest BCUT2D eigenvalue weighted by molar-refractivity contribution is -0.354. The third-order valence-corrected chi connectivity index (χ3v) is 3.41. The van der Waals surface area contributed by atoms with E-state index in [1.165, 1.54) is 0 Å². The SMILES string of the molecule is [O-][N+](=Cc1ccc(OCc2ccccc2)cc1)c1ccccc1. The maximum Gasteiger partial charge on any atom is 0.216 e. The molecule has 0 aliphatic rings. The Labute approximate surface area is 135 Å². The molecule has 23 heavy (non-hydrogen) atoms. The van der Waals surface area contributed by atoms with Crippen LogP contribution in [0.5, 0.6) is 5.75 Å². The fourth-order valence-electron chi connectivity index (χ4n) is 2.18. The van der Waals surface area contributed by atoms with E-state index >= 15 is 0 Å². The quantitative estimate of drug-likeness (QED) is 0.300. The van der Waals surface area contributed by atoms with Gasteiger partial charge in [0.05, 0.1) is 0 Å². The van der Waals surface area contributed by atoms with Crippen LogP contribution in [0.3, 0.4) is 0 Å². The molecule has 0 spiro atoms. The molecule has 0 amide bonds. The van der Waals surface area contributed by atoms with Crippen molar-refractivity contribution in [1.82, 2.24) is 0 Å². The first-order valence-electron chi connectivity index (χ1n) is 7.44. The zero-order valence-electron chi connectivity index (χ0n) is 12.6. The second kappa shape index (κ2) is 7.27. The number of benzene rings is 3. The van der Waals surface area contributed by atoms with Gasteiger partial charge in [0.1, 0.15) is 12.4 Å². The van der Waals surface area contributed by atoms with Crippen LogP contribution in [-0.2, 0) is 6.61 Å². The Bertz CT molecular complexity index is 766. The highest BCUT2D eigenvalue weighted by atomic mass is 16.5. The van der Waals surface area contributed by atoms with Crippen LogP contribution in [0, 0.1) is 5.21 Å². The van der Waals surface area contributed by atoms with Crippen LogP contribution in [0.15, 0.2) is 84.9 Å². The molecule has 0 heterocycles. The van der Waals surface area contributed by atoms with Gasteiger partial charge in [-0.1, -0.05) is 48.5 Å². The number of rotatable bonds is 5. The van der Waals surface area contributed by atoms with Gasteiger partial charge in [-0.3, -0.25) is 0 Å². The van der Waals surface area contributed by atoms with E-state index in [2.05, 4.69) is 0 Å². The maximum absolute atomic E-state index is 12.0. The summed E-state index contributed by atoms with van der Waals surface area (Å²) in [6.45, 7) is 0.529. The molecule has 3 rings (SSSR count). The van der Waals surface area contributed by atoms with Crippen LogP contribution in [0.4, 0.5) is 5.69 Å². The summed E-state index contributed by atoms with van der Waals surface area (Å²) in [4.78, 5) is 0. The molecular weight excluding hydrogens is 286 g/mol. The van der Waals surface area contributed by atoms with Crippen molar-refractivity contribution in [3.05, 3.63) is 101 Å². The van der Waals surface area contributed by atoms with Crippen LogP contribution < -0.4 is 4.74 Å². The van der Waals surface area contributed by atoms with E-state index in [0.717, 1.165) is 21.6 Å². The van der Waals surface area contributed by atoms with Crippen molar-refractivity contribution in [2.45, 2.75) is 6.61 Å². The van der Waals surface area contributed by atoms with Crippen molar-refractivity contribution in [2.24, 2.45) is 0 Å². The predicted octanol–water partition coefficient (Wildman–Crippen LogP) is 4.53. The van der Waals surface area contributed by atoms with Crippen LogP contribution in [0.2, 0.25) is 0 Å². The Hall–Kier alpha value is -3.07. The summed E-state index contributed by atoms with van der Waals surface area (Å²) in [6, 6.07) is 26.6. The van der Waals surface area contributed by atoms with E-state index in [4.69, 9.17) is 4.74 Å². The van der Waals surface area contributed by atoms with Crippen LogP contribution >= 0.6 is 0 Å². The molecule has 3 heteroatoms. The van der Waals surface area contributed by atoms with E-state index < -0.39 is 0 Å². The van der Waals surface area contributed by atoms with Crippen molar-refractivity contribution < 1.29 is 9.48 Å². The molecule has 0 radical (unpaired) electrons. The van der Waals surface area contributed by atoms with Crippen molar-refractivity contribution in [2.75, 3.05) is 0 Å². The average Bonchev–Trinajstić information content (AvgIpc) is 2.63. The van der Waals surface area contributed by atoms with Gasteiger partial charge >= 0.3 is 0 Å². The summed E-state index contributed by atoms with van der Waals surface area (Å²) in [7, 11) is 0. The summed E-state index contributed by atoms with van der Waals surface area (Å²) < 4.78 is 6.59. The smallest absolute Gasteiger partial charge is 0.216 e. The summed E-state index contributed by atoms with van der Waals surface area (Å²) in [5, 5.41) is 12.0. The van der Waals surface area contributed by atoms with Crippen molar-refractivity contribution in [1.29, 1.82) is 0 Å². The van der Waals surface area contributed by atoms with Gasteiger partial charge in [-0.05, 0) is 29.8 Å². The lowest BCUT2D eigenvalue weighted by Crippen LogP contribution is -1.99. The zero-order valence-corrected chi connectivity index (χ0v) is 12.6. The normalized spacial score (nSPS) is 11.2. The minimum atomic E-state index is 0.529. The summed E-state index contributed by atoms with van der Waals surface area (Å²) in [5.74, 6) is 0.781. The minimum Gasteiger partial charge on any atom is -0.618 e. The minimum absolute atomic E-state index is 0.529. The molecule has 0 saturated heterocycles. The summed E-state index contributed by atoms with van der Waals surface area (Å²) in [6.07, 6.45) is 1.55. The molecule has 0 atom stereocenters. The van der Waals surface area contributed by atoms with Gasteiger partial charge in [0.25, 0.3) is 0 Å². The standard InChI is InChI=1S/C20H17NO2/c22-21(19-9-5-2-6-10-19)15-17-11-13-20(14-12-17)23-16-18-7-3-1-4-8-18/h1-15H,16H2. The molecule has 0 aliphatic carbocycles. The van der Waals surface area contributed by atoms with E-state index in [9.17, 15) is 5.21 Å². The van der Waals surface area contributed by atoms with Gasteiger partial charge in [0.15, 0.2) is 6.21 Å². The number of nitrogens with zero attached hydrogens (tertiary/aromatic N) is 1. The molecule has 0 aromatic heterocycles. The van der Waals surface area contributed by atoms with Gasteiger partial charge < -0.3 is 9.94 Å². The predicted molar refractivity (Wildman–Crippen MR) is 92.1 cm³/mol. The molecule has 3 aromatic rings. The largest absolute Gasteiger partial charge is 0.618 e. The maximum atomic E-state index is 12.0. The van der Waals surface area contributed by atoms with Crippen LogP contribution in [0.25, 0.3) is 0 Å². The lowest BCUT2D eigenvalue weighted by Gasteiger charge is -2.06. The van der Waals surface area contributed by atoms with Gasteiger partial charge in [0.2, 0.25) is 5.69 Å². The zero-order chi connectivity index (χ0) is 15.9. The average molecular weight is 303 g/mol. The second-order valence-electron chi connectivity index (χ2n) is 5.13. The van der Waals surface area contributed by atoms with E-state index in [1.54, 1.807) is 18.3 Å². The molecule has 0 saturated carbocycles. The fraction of sp³-hybridized carbons (Fsp3) is 0.0500. The number of hydrogen-bond donors (Lipinski definition) is 0. The molecular formula is C20H17NO2. The molecule has 3 aromatic carbocycles. The molecule has 0 fully saturated rings. The van der Waals surface area contributed by atoms with Gasteiger partial charge in [-0.15, -0.1) is 0 Å². The molecule has 0 unspecified atom stereocenters. The van der Waals surface area contributed by atoms with Crippen molar-refractivity contribution in [3.8, 4) is 5.75 Å².